The lowest BCUT2D eigenvalue weighted by atomic mass is 9.95. The smallest absolute Gasteiger partial charge is 0.264 e. The number of carbonyl (C=O) groups is 2. The fraction of sp³-hybridized carbons (Fsp3) is 0.355. The molecule has 10 heteroatoms. The van der Waals surface area contributed by atoms with Crippen molar-refractivity contribution in [2.24, 2.45) is 0 Å². The fourth-order valence-electron chi connectivity index (χ4n) is 5.09. The number of halogens is 2. The van der Waals surface area contributed by atoms with Crippen molar-refractivity contribution in [3.8, 4) is 0 Å². The van der Waals surface area contributed by atoms with E-state index in [-0.39, 0.29) is 23.4 Å². The van der Waals surface area contributed by atoms with Gasteiger partial charge in [0.15, 0.2) is 0 Å². The molecule has 41 heavy (non-hydrogen) atoms. The summed E-state index contributed by atoms with van der Waals surface area (Å²) in [5.74, 6) is -0.817. The topological polar surface area (TPSA) is 86.8 Å². The molecule has 7 nitrogen and oxygen atoms in total. The average Bonchev–Trinajstić information content (AvgIpc) is 2.96. The number of amides is 2. The molecule has 0 bridgehead atoms. The molecule has 2 amide bonds. The quantitative estimate of drug-likeness (QED) is 0.287. The van der Waals surface area contributed by atoms with Gasteiger partial charge in [0, 0.05) is 22.6 Å². The van der Waals surface area contributed by atoms with Crippen molar-refractivity contribution in [2.45, 2.75) is 69.5 Å². The van der Waals surface area contributed by atoms with Crippen molar-refractivity contribution in [3.63, 3.8) is 0 Å². The molecule has 3 aromatic rings. The molecule has 1 saturated carbocycles. The first-order chi connectivity index (χ1) is 19.6. The van der Waals surface area contributed by atoms with Crippen LogP contribution in [-0.2, 0) is 26.2 Å². The first-order valence-electron chi connectivity index (χ1n) is 13.7. The maximum Gasteiger partial charge on any atom is 0.264 e. The van der Waals surface area contributed by atoms with Crippen molar-refractivity contribution in [3.05, 3.63) is 94.0 Å². The third-order valence-corrected chi connectivity index (χ3v) is 9.83. The van der Waals surface area contributed by atoms with E-state index in [2.05, 4.69) is 5.32 Å². The molecule has 218 valence electrons. The highest BCUT2D eigenvalue weighted by atomic mass is 35.5. The van der Waals surface area contributed by atoms with Crippen molar-refractivity contribution >= 4 is 50.7 Å². The van der Waals surface area contributed by atoms with Gasteiger partial charge in [0.2, 0.25) is 11.8 Å². The Labute approximate surface area is 252 Å². The van der Waals surface area contributed by atoms with Crippen LogP contribution in [0.2, 0.25) is 10.0 Å². The van der Waals surface area contributed by atoms with E-state index in [0.717, 1.165) is 36.4 Å². The maximum absolute atomic E-state index is 14.1. The Kier molecular flexibility index (Phi) is 10.3. The van der Waals surface area contributed by atoms with Gasteiger partial charge in [-0.25, -0.2) is 8.42 Å². The molecule has 0 radical (unpaired) electrons. The number of sulfonamides is 1. The predicted octanol–water partition coefficient (Wildman–Crippen LogP) is 6.36. The summed E-state index contributed by atoms with van der Waals surface area (Å²) in [4.78, 5) is 29.0. The third kappa shape index (κ3) is 7.61. The van der Waals surface area contributed by atoms with Crippen LogP contribution in [0, 0.1) is 6.92 Å². The highest BCUT2D eigenvalue weighted by molar-refractivity contribution is 7.92. The van der Waals surface area contributed by atoms with Gasteiger partial charge in [-0.2, -0.15) is 0 Å². The number of aryl methyl sites for hydroxylation is 1. The highest BCUT2D eigenvalue weighted by Crippen LogP contribution is 2.30. The minimum atomic E-state index is -4.15. The summed E-state index contributed by atoms with van der Waals surface area (Å²) in [6.45, 7) is 2.92. The van der Waals surface area contributed by atoms with Crippen LogP contribution in [0.5, 0.6) is 0 Å². The molecule has 0 saturated heterocycles. The van der Waals surface area contributed by atoms with E-state index in [1.54, 1.807) is 74.5 Å². The standard InChI is InChI=1S/C31H35Cl2N3O4S/c1-22-19-25(32)17-18-29(22)36(41(39,40)27-14-7-4-8-15-27)21-30(37)35(20-24-11-9-10-16-28(24)33)23(2)31(38)34-26-12-5-3-6-13-26/h4,7-11,14-19,23,26H,3,5-6,12-13,20-21H2,1-2H3,(H,34,38)/t23-/m0/s1. The molecule has 1 aliphatic carbocycles. The zero-order chi connectivity index (χ0) is 29.6. The molecule has 0 aromatic heterocycles. The average molecular weight is 617 g/mol. The number of anilines is 1. The van der Waals surface area contributed by atoms with E-state index in [1.165, 1.54) is 17.0 Å². The zero-order valence-electron chi connectivity index (χ0n) is 23.2. The molecular weight excluding hydrogens is 581 g/mol. The molecule has 0 unspecified atom stereocenters. The number of nitrogens with zero attached hydrogens (tertiary/aromatic N) is 2. The normalized spacial score (nSPS) is 14.7. The Balaban J connectivity index is 1.70. The van der Waals surface area contributed by atoms with E-state index in [9.17, 15) is 18.0 Å². The van der Waals surface area contributed by atoms with Crippen LogP contribution in [0.25, 0.3) is 0 Å². The molecule has 1 fully saturated rings. The SMILES string of the molecule is Cc1cc(Cl)ccc1N(CC(=O)N(Cc1ccccc1Cl)[C@@H](C)C(=O)NC1CCCCC1)S(=O)(=O)c1ccccc1. The molecule has 3 aromatic carbocycles. The lowest BCUT2D eigenvalue weighted by Gasteiger charge is -2.33. The number of rotatable bonds is 10. The second kappa shape index (κ2) is 13.7. The van der Waals surface area contributed by atoms with Gasteiger partial charge in [0.25, 0.3) is 10.0 Å². The van der Waals surface area contributed by atoms with Gasteiger partial charge in [-0.1, -0.05) is 78.9 Å². The van der Waals surface area contributed by atoms with Crippen LogP contribution in [0.3, 0.4) is 0 Å². The Hall–Kier alpha value is -3.07. The van der Waals surface area contributed by atoms with Gasteiger partial charge in [-0.15, -0.1) is 0 Å². The monoisotopic (exact) mass is 615 g/mol. The summed E-state index contributed by atoms with van der Waals surface area (Å²) < 4.78 is 28.9. The van der Waals surface area contributed by atoms with Gasteiger partial charge in [0.05, 0.1) is 10.6 Å². The Morgan fingerprint density at radius 3 is 2.27 bits per heavy atom. The Bertz CT molecular complexity index is 1480. The second-order valence-electron chi connectivity index (χ2n) is 10.4. The van der Waals surface area contributed by atoms with Crippen LogP contribution in [0.4, 0.5) is 5.69 Å². The molecule has 0 aliphatic heterocycles. The van der Waals surface area contributed by atoms with Crippen LogP contribution in [0.15, 0.2) is 77.7 Å². The number of hydrogen-bond donors (Lipinski definition) is 1. The number of carbonyl (C=O) groups excluding carboxylic acids is 2. The largest absolute Gasteiger partial charge is 0.352 e. The molecule has 4 rings (SSSR count). The first-order valence-corrected chi connectivity index (χ1v) is 15.9. The van der Waals surface area contributed by atoms with Crippen molar-refractivity contribution in [1.29, 1.82) is 0 Å². The fourth-order valence-corrected chi connectivity index (χ4v) is 7.02. The van der Waals surface area contributed by atoms with E-state index in [4.69, 9.17) is 23.2 Å². The molecular formula is C31H35Cl2N3O4S. The van der Waals surface area contributed by atoms with E-state index in [1.807, 2.05) is 0 Å². The van der Waals surface area contributed by atoms with E-state index >= 15 is 0 Å². The van der Waals surface area contributed by atoms with Crippen LogP contribution in [-0.4, -0.2) is 43.8 Å². The summed E-state index contributed by atoms with van der Waals surface area (Å²) in [5.41, 5.74) is 1.56. The van der Waals surface area contributed by atoms with Crippen molar-refractivity contribution in [1.82, 2.24) is 10.2 Å². The van der Waals surface area contributed by atoms with E-state index in [0.29, 0.717) is 26.9 Å². The van der Waals surface area contributed by atoms with Gasteiger partial charge in [-0.05, 0) is 74.2 Å². The number of nitrogens with one attached hydrogen (secondary N) is 1. The van der Waals surface area contributed by atoms with Crippen LogP contribution >= 0.6 is 23.2 Å². The zero-order valence-corrected chi connectivity index (χ0v) is 25.6. The number of hydrogen-bond acceptors (Lipinski definition) is 4. The van der Waals surface area contributed by atoms with Crippen LogP contribution in [0.1, 0.15) is 50.2 Å². The molecule has 0 spiro atoms. The highest BCUT2D eigenvalue weighted by Gasteiger charge is 2.34. The van der Waals surface area contributed by atoms with Crippen LogP contribution < -0.4 is 9.62 Å². The van der Waals surface area contributed by atoms with Gasteiger partial charge in [-0.3, -0.25) is 13.9 Å². The third-order valence-electron chi connectivity index (χ3n) is 7.45. The molecule has 0 heterocycles. The second-order valence-corrected chi connectivity index (χ2v) is 13.1. The lowest BCUT2D eigenvalue weighted by Crippen LogP contribution is -2.53. The number of benzene rings is 3. The lowest BCUT2D eigenvalue weighted by molar-refractivity contribution is -0.139. The summed E-state index contributed by atoms with van der Waals surface area (Å²) in [7, 11) is -4.15. The molecule has 1 aliphatic rings. The minimum absolute atomic E-state index is 0.0383. The van der Waals surface area contributed by atoms with Crippen molar-refractivity contribution in [2.75, 3.05) is 10.8 Å². The summed E-state index contributed by atoms with van der Waals surface area (Å²) in [6, 6.07) is 19.1. The van der Waals surface area contributed by atoms with Gasteiger partial charge >= 0.3 is 0 Å². The van der Waals surface area contributed by atoms with E-state index < -0.39 is 28.5 Å². The molecule has 1 N–H and O–H groups in total. The Morgan fingerprint density at radius 2 is 1.61 bits per heavy atom. The Morgan fingerprint density at radius 1 is 0.951 bits per heavy atom. The van der Waals surface area contributed by atoms with Gasteiger partial charge < -0.3 is 10.2 Å². The van der Waals surface area contributed by atoms with Gasteiger partial charge in [0.1, 0.15) is 12.6 Å². The molecule has 1 atom stereocenters. The predicted molar refractivity (Wildman–Crippen MR) is 164 cm³/mol. The first kappa shape index (κ1) is 30.9. The maximum atomic E-state index is 14.1. The minimum Gasteiger partial charge on any atom is -0.352 e. The summed E-state index contributed by atoms with van der Waals surface area (Å²) >= 11 is 12.6. The summed E-state index contributed by atoms with van der Waals surface area (Å²) in [6.07, 6.45) is 5.04. The summed E-state index contributed by atoms with van der Waals surface area (Å²) in [5, 5.41) is 4.00. The van der Waals surface area contributed by atoms with Crippen molar-refractivity contribution < 1.29 is 18.0 Å².